The van der Waals surface area contributed by atoms with Gasteiger partial charge >= 0.3 is 0 Å². The molecule has 4 aliphatic heterocycles. The van der Waals surface area contributed by atoms with E-state index in [1.807, 2.05) is 72.8 Å². The number of carbonyl (C=O) groups excluding carboxylic acids is 3. The van der Waals surface area contributed by atoms with Crippen LogP contribution in [-0.4, -0.2) is 70.0 Å². The molecule has 4 heterocycles. The van der Waals surface area contributed by atoms with Crippen LogP contribution in [0.5, 0.6) is 0 Å². The van der Waals surface area contributed by atoms with Crippen molar-refractivity contribution in [1.82, 2.24) is 4.90 Å². The molecule has 0 radical (unpaired) electrons. The highest BCUT2D eigenvalue weighted by Crippen LogP contribution is 2.61. The molecule has 7 nitrogen and oxygen atoms in total. The van der Waals surface area contributed by atoms with Crippen molar-refractivity contribution in [2.75, 3.05) is 36.0 Å². The lowest BCUT2D eigenvalue weighted by molar-refractivity contribution is -0.138. The monoisotopic (exact) mass is 577 g/mol. The second-order valence-corrected chi connectivity index (χ2v) is 12.6. The number of amides is 3. The maximum atomic E-state index is 14.5. The van der Waals surface area contributed by atoms with Gasteiger partial charge in [-0.05, 0) is 43.5 Å². The molecule has 0 saturated carbocycles. The Bertz CT molecular complexity index is 1370. The van der Waals surface area contributed by atoms with Crippen LogP contribution in [0.25, 0.3) is 0 Å². The summed E-state index contributed by atoms with van der Waals surface area (Å²) in [6.07, 6.45) is 10.1. The van der Waals surface area contributed by atoms with Gasteiger partial charge in [-0.3, -0.25) is 14.4 Å². The number of nitrogens with zero attached hydrogens (tertiary/aromatic N) is 3. The van der Waals surface area contributed by atoms with Gasteiger partial charge in [0.1, 0.15) is 6.04 Å². The molecule has 40 heavy (non-hydrogen) atoms. The third-order valence-electron chi connectivity index (χ3n) is 8.43. The van der Waals surface area contributed by atoms with Gasteiger partial charge in [-0.1, -0.05) is 66.2 Å². The van der Waals surface area contributed by atoms with Crippen molar-refractivity contribution in [3.05, 3.63) is 83.9 Å². The maximum absolute atomic E-state index is 14.5. The largest absolute Gasteiger partial charge is 0.396 e. The van der Waals surface area contributed by atoms with Gasteiger partial charge in [0.25, 0.3) is 5.91 Å². The molecule has 0 bridgehead atoms. The van der Waals surface area contributed by atoms with Crippen molar-refractivity contribution in [2.24, 2.45) is 11.8 Å². The normalized spacial score (nSPS) is 29.4. The number of halogens is 1. The molecule has 2 aromatic carbocycles. The second kappa shape index (κ2) is 11.1. The predicted molar refractivity (Wildman–Crippen MR) is 158 cm³/mol. The lowest BCUT2D eigenvalue weighted by Gasteiger charge is -2.35. The molecule has 2 aromatic rings. The smallest absolute Gasteiger partial charge is 0.251 e. The summed E-state index contributed by atoms with van der Waals surface area (Å²) in [4.78, 5) is 48.2. The van der Waals surface area contributed by atoms with Gasteiger partial charge in [0.15, 0.2) is 0 Å². The molecular weight excluding hydrogens is 546 g/mol. The molecule has 5 atom stereocenters. The summed E-state index contributed by atoms with van der Waals surface area (Å²) in [6.45, 7) is 1.24. The van der Waals surface area contributed by atoms with Crippen LogP contribution < -0.4 is 9.80 Å². The van der Waals surface area contributed by atoms with E-state index < -0.39 is 22.6 Å². The summed E-state index contributed by atoms with van der Waals surface area (Å²) in [5.74, 6) is -1.68. The average molecular weight is 578 g/mol. The lowest BCUT2D eigenvalue weighted by atomic mass is 9.78. The maximum Gasteiger partial charge on any atom is 0.251 e. The van der Waals surface area contributed by atoms with E-state index in [2.05, 4.69) is 0 Å². The van der Waals surface area contributed by atoms with E-state index >= 15 is 0 Å². The Kier molecular flexibility index (Phi) is 7.50. The Hall–Kier alpha value is -3.07. The van der Waals surface area contributed by atoms with Crippen molar-refractivity contribution in [3.8, 4) is 0 Å². The van der Waals surface area contributed by atoms with E-state index in [0.717, 1.165) is 12.1 Å². The number of aliphatic hydroxyl groups is 1. The van der Waals surface area contributed by atoms with E-state index in [1.165, 1.54) is 0 Å². The number of likely N-dealkylation sites (tertiary alicyclic amines) is 1. The molecule has 0 aliphatic carbocycles. The van der Waals surface area contributed by atoms with Gasteiger partial charge in [-0.15, -0.1) is 11.8 Å². The summed E-state index contributed by atoms with van der Waals surface area (Å²) >= 11 is 8.11. The van der Waals surface area contributed by atoms with Gasteiger partial charge in [-0.2, -0.15) is 0 Å². The number of hydrogen-bond acceptors (Lipinski definition) is 5. The van der Waals surface area contributed by atoms with Crippen LogP contribution in [0.4, 0.5) is 11.4 Å². The van der Waals surface area contributed by atoms with Crippen LogP contribution >= 0.6 is 23.4 Å². The number of carbonyl (C=O) groups is 3. The summed E-state index contributed by atoms with van der Waals surface area (Å²) in [5.41, 5.74) is 1.40. The Labute approximate surface area is 243 Å². The number of hydrogen-bond donors (Lipinski definition) is 1. The van der Waals surface area contributed by atoms with Crippen molar-refractivity contribution >= 4 is 52.5 Å². The van der Waals surface area contributed by atoms with Crippen LogP contribution in [0, 0.1) is 11.8 Å². The molecule has 1 unspecified atom stereocenters. The van der Waals surface area contributed by atoms with Crippen LogP contribution in [0.15, 0.2) is 78.9 Å². The zero-order valence-electron chi connectivity index (χ0n) is 22.1. The predicted octanol–water partition coefficient (Wildman–Crippen LogP) is 4.31. The van der Waals surface area contributed by atoms with E-state index in [4.69, 9.17) is 11.6 Å². The first kappa shape index (κ1) is 27.1. The van der Waals surface area contributed by atoms with Crippen molar-refractivity contribution < 1.29 is 19.5 Å². The van der Waals surface area contributed by atoms with E-state index in [1.54, 1.807) is 32.5 Å². The molecule has 3 amide bonds. The molecule has 6 rings (SSSR count). The zero-order chi connectivity index (χ0) is 27.9. The summed E-state index contributed by atoms with van der Waals surface area (Å²) in [6, 6.07) is 16.0. The number of benzene rings is 2. The standard InChI is InChI=1S/C31H32ClN3O4S/c32-22-13-5-6-14-23(22)34-19-10-16-31-26(29(38)35(27(31)30(34)39)17-7-2-8-20-36)25-24(40-31)15-9-18-33(28(25)37)21-11-3-1-4-12-21/h1,3-6,9-16,24-27,36H,2,7-8,17-20H2/t24-,25+,26+,27?,31+/m1/s1. The fraction of sp³-hybridized carbons (Fsp3) is 0.387. The Balaban J connectivity index is 1.42. The van der Waals surface area contributed by atoms with Crippen LogP contribution in [0.3, 0.4) is 0 Å². The quantitative estimate of drug-likeness (QED) is 0.392. The lowest BCUT2D eigenvalue weighted by Crippen LogP contribution is -2.53. The average Bonchev–Trinajstić information content (AvgIpc) is 3.27. The van der Waals surface area contributed by atoms with E-state index in [9.17, 15) is 19.5 Å². The van der Waals surface area contributed by atoms with Gasteiger partial charge in [-0.25, -0.2) is 0 Å². The first-order valence-corrected chi connectivity index (χ1v) is 15.1. The van der Waals surface area contributed by atoms with Crippen molar-refractivity contribution in [2.45, 2.75) is 35.3 Å². The summed E-state index contributed by atoms with van der Waals surface area (Å²) in [5, 5.41) is 9.53. The fourth-order valence-electron chi connectivity index (χ4n) is 6.67. The number of fused-ring (bicyclic) bond motifs is 2. The van der Waals surface area contributed by atoms with Gasteiger partial charge in [0, 0.05) is 37.2 Å². The molecule has 0 aromatic heterocycles. The molecule has 1 N–H and O–H groups in total. The Morgan fingerprint density at radius 2 is 1.62 bits per heavy atom. The Morgan fingerprint density at radius 1 is 0.875 bits per heavy atom. The molecule has 1 spiro atoms. The van der Waals surface area contributed by atoms with Gasteiger partial charge in [0.2, 0.25) is 11.8 Å². The molecule has 2 saturated heterocycles. The first-order chi connectivity index (χ1) is 19.5. The zero-order valence-corrected chi connectivity index (χ0v) is 23.6. The second-order valence-electron chi connectivity index (χ2n) is 10.7. The van der Waals surface area contributed by atoms with Crippen molar-refractivity contribution in [1.29, 1.82) is 0 Å². The van der Waals surface area contributed by atoms with E-state index in [0.29, 0.717) is 43.2 Å². The minimum absolute atomic E-state index is 0.0850. The molecule has 2 fully saturated rings. The number of anilines is 2. The first-order valence-electron chi connectivity index (χ1n) is 13.8. The highest BCUT2D eigenvalue weighted by molar-refractivity contribution is 8.02. The fourth-order valence-corrected chi connectivity index (χ4v) is 8.92. The van der Waals surface area contributed by atoms with Crippen LogP contribution in [0.2, 0.25) is 5.02 Å². The number of para-hydroxylation sites is 2. The number of unbranched alkanes of at least 4 members (excludes halogenated alkanes) is 2. The van der Waals surface area contributed by atoms with Gasteiger partial charge < -0.3 is 19.8 Å². The SMILES string of the molecule is O=C1[C@@H]2[C@H]3C(=O)N(CCCCCO)C4C(=O)N(c5ccccc5Cl)CC=C[C@@]43S[C@@H]2C=CCN1c1ccccc1. The number of thioether (sulfide) groups is 1. The number of rotatable bonds is 7. The summed E-state index contributed by atoms with van der Waals surface area (Å²) in [7, 11) is 0. The highest BCUT2D eigenvalue weighted by atomic mass is 35.5. The third-order valence-corrected chi connectivity index (χ3v) is 10.5. The third kappa shape index (κ3) is 4.37. The van der Waals surface area contributed by atoms with Crippen LogP contribution in [0.1, 0.15) is 19.3 Å². The van der Waals surface area contributed by atoms with Crippen molar-refractivity contribution in [3.63, 3.8) is 0 Å². The minimum atomic E-state index is -0.879. The number of aliphatic hydroxyl groups excluding tert-OH is 1. The molecule has 208 valence electrons. The Morgan fingerprint density at radius 3 is 2.40 bits per heavy atom. The minimum Gasteiger partial charge on any atom is -0.396 e. The highest BCUT2D eigenvalue weighted by Gasteiger charge is 2.71. The van der Waals surface area contributed by atoms with Gasteiger partial charge in [0.05, 0.1) is 27.3 Å². The topological polar surface area (TPSA) is 81.2 Å². The molecule has 4 aliphatic rings. The van der Waals surface area contributed by atoms with E-state index in [-0.39, 0.29) is 29.6 Å². The summed E-state index contributed by atoms with van der Waals surface area (Å²) < 4.78 is -0.879. The van der Waals surface area contributed by atoms with Crippen LogP contribution in [-0.2, 0) is 14.4 Å². The molecular formula is C31H32ClN3O4S. The molecule has 9 heteroatoms.